The summed E-state index contributed by atoms with van der Waals surface area (Å²) in [7, 11) is 0. The van der Waals surface area contributed by atoms with Crippen molar-refractivity contribution in [2.45, 2.75) is 39.7 Å². The predicted molar refractivity (Wildman–Crippen MR) is 127 cm³/mol. The number of fused-ring (bicyclic) bond motifs is 1. The number of aromatic amines is 1. The van der Waals surface area contributed by atoms with Crippen molar-refractivity contribution in [3.63, 3.8) is 0 Å². The van der Waals surface area contributed by atoms with Crippen LogP contribution in [-0.2, 0) is 0 Å². The SMILES string of the molecule is Cc1ccccc1-n1c(C)cc(C(=O)N2CCC(n3c(=O)[nH]c4ccccc43)CC2)c1C. The zero-order chi connectivity index (χ0) is 22.4. The van der Waals surface area contributed by atoms with Crippen LogP contribution in [-0.4, -0.2) is 38.0 Å². The number of rotatable bonds is 3. The largest absolute Gasteiger partial charge is 0.338 e. The van der Waals surface area contributed by atoms with Crippen molar-refractivity contribution in [2.75, 3.05) is 13.1 Å². The van der Waals surface area contributed by atoms with Crippen LogP contribution in [0.5, 0.6) is 0 Å². The van der Waals surface area contributed by atoms with E-state index in [1.807, 2.05) is 65.8 Å². The maximum absolute atomic E-state index is 13.4. The lowest BCUT2D eigenvalue weighted by Gasteiger charge is -2.32. The minimum absolute atomic E-state index is 0.0715. The number of carbonyl (C=O) groups excluding carboxylic acids is 1. The third-order valence-electron chi connectivity index (χ3n) is 6.76. The van der Waals surface area contributed by atoms with Gasteiger partial charge in [-0.05, 0) is 63.4 Å². The van der Waals surface area contributed by atoms with E-state index < -0.39 is 0 Å². The molecule has 6 nitrogen and oxygen atoms in total. The molecule has 0 bridgehead atoms. The van der Waals surface area contributed by atoms with E-state index in [0.29, 0.717) is 13.1 Å². The van der Waals surface area contributed by atoms with Crippen LogP contribution in [0.3, 0.4) is 0 Å². The average molecular weight is 429 g/mol. The Kier molecular flexibility index (Phi) is 5.00. The first-order valence-corrected chi connectivity index (χ1v) is 11.2. The second-order valence-electron chi connectivity index (χ2n) is 8.75. The van der Waals surface area contributed by atoms with Gasteiger partial charge >= 0.3 is 5.69 Å². The van der Waals surface area contributed by atoms with Gasteiger partial charge < -0.3 is 14.5 Å². The molecule has 0 aliphatic carbocycles. The van der Waals surface area contributed by atoms with Crippen LogP contribution in [0.25, 0.3) is 16.7 Å². The molecule has 2 aromatic carbocycles. The summed E-state index contributed by atoms with van der Waals surface area (Å²) in [5, 5.41) is 0. The minimum Gasteiger partial charge on any atom is -0.338 e. The van der Waals surface area contributed by atoms with E-state index in [1.54, 1.807) is 0 Å². The fraction of sp³-hybridized carbons (Fsp3) is 0.308. The molecule has 0 radical (unpaired) electrons. The Morgan fingerprint density at radius 2 is 1.66 bits per heavy atom. The summed E-state index contributed by atoms with van der Waals surface area (Å²) >= 11 is 0. The van der Waals surface area contributed by atoms with Gasteiger partial charge in [0, 0.05) is 36.2 Å². The molecule has 0 unspecified atom stereocenters. The van der Waals surface area contributed by atoms with Gasteiger partial charge in [-0.1, -0.05) is 30.3 Å². The zero-order valence-electron chi connectivity index (χ0n) is 18.8. The molecule has 6 heteroatoms. The van der Waals surface area contributed by atoms with Crippen LogP contribution in [0.4, 0.5) is 0 Å². The van der Waals surface area contributed by atoms with Crippen molar-refractivity contribution in [3.05, 3.63) is 87.6 Å². The molecule has 5 rings (SSSR count). The highest BCUT2D eigenvalue weighted by Gasteiger charge is 2.28. The Labute approximate surface area is 187 Å². The van der Waals surface area contributed by atoms with Crippen molar-refractivity contribution >= 4 is 16.9 Å². The molecule has 0 atom stereocenters. The number of aryl methyl sites for hydroxylation is 2. The van der Waals surface area contributed by atoms with Crippen LogP contribution in [0.1, 0.15) is 46.2 Å². The summed E-state index contributed by atoms with van der Waals surface area (Å²) in [6.45, 7) is 7.44. The number of nitrogens with one attached hydrogen (secondary N) is 1. The molecule has 0 spiro atoms. The topological polar surface area (TPSA) is 63.0 Å². The highest BCUT2D eigenvalue weighted by molar-refractivity contribution is 5.96. The average Bonchev–Trinajstić information content (AvgIpc) is 3.29. The number of imidazole rings is 1. The van der Waals surface area contributed by atoms with Crippen molar-refractivity contribution in [2.24, 2.45) is 0 Å². The summed E-state index contributed by atoms with van der Waals surface area (Å²) in [5.74, 6) is 0.0719. The third kappa shape index (κ3) is 3.27. The van der Waals surface area contributed by atoms with Gasteiger partial charge in [0.2, 0.25) is 0 Å². The number of hydrogen-bond acceptors (Lipinski definition) is 2. The molecule has 1 fully saturated rings. The monoisotopic (exact) mass is 428 g/mol. The van der Waals surface area contributed by atoms with Crippen LogP contribution in [0.2, 0.25) is 0 Å². The first-order chi connectivity index (χ1) is 15.5. The molecule has 1 aliphatic rings. The third-order valence-corrected chi connectivity index (χ3v) is 6.76. The molecule has 1 aliphatic heterocycles. The van der Waals surface area contributed by atoms with Crippen molar-refractivity contribution < 1.29 is 4.79 Å². The van der Waals surface area contributed by atoms with Crippen LogP contribution >= 0.6 is 0 Å². The predicted octanol–water partition coefficient (Wildman–Crippen LogP) is 4.52. The molecule has 1 saturated heterocycles. The van der Waals surface area contributed by atoms with Crippen LogP contribution < -0.4 is 5.69 Å². The van der Waals surface area contributed by atoms with E-state index in [9.17, 15) is 9.59 Å². The molecule has 4 aromatic rings. The Hall–Kier alpha value is -3.54. The summed E-state index contributed by atoms with van der Waals surface area (Å²) < 4.78 is 4.03. The minimum atomic E-state index is -0.0715. The lowest BCUT2D eigenvalue weighted by atomic mass is 10.0. The van der Waals surface area contributed by atoms with Crippen molar-refractivity contribution in [3.8, 4) is 5.69 Å². The first-order valence-electron chi connectivity index (χ1n) is 11.2. The molecule has 32 heavy (non-hydrogen) atoms. The smallest absolute Gasteiger partial charge is 0.326 e. The lowest BCUT2D eigenvalue weighted by molar-refractivity contribution is 0.0694. The molecular weight excluding hydrogens is 400 g/mol. The van der Waals surface area contributed by atoms with E-state index >= 15 is 0 Å². The number of likely N-dealkylation sites (tertiary alicyclic amines) is 1. The van der Waals surface area contributed by atoms with Gasteiger partial charge in [-0.15, -0.1) is 0 Å². The van der Waals surface area contributed by atoms with E-state index in [2.05, 4.69) is 28.6 Å². The van der Waals surface area contributed by atoms with E-state index in [0.717, 1.165) is 46.5 Å². The first kappa shape index (κ1) is 20.4. The van der Waals surface area contributed by atoms with Crippen molar-refractivity contribution in [1.29, 1.82) is 0 Å². The highest BCUT2D eigenvalue weighted by Crippen LogP contribution is 2.28. The number of piperidine rings is 1. The summed E-state index contributed by atoms with van der Waals surface area (Å²) in [6, 6.07) is 18.1. The normalized spacial score (nSPS) is 14.9. The van der Waals surface area contributed by atoms with E-state index in [4.69, 9.17) is 0 Å². The highest BCUT2D eigenvalue weighted by atomic mass is 16.2. The van der Waals surface area contributed by atoms with E-state index in [1.165, 1.54) is 5.56 Å². The summed E-state index contributed by atoms with van der Waals surface area (Å²) in [4.78, 5) is 30.8. The fourth-order valence-electron chi connectivity index (χ4n) is 5.10. The number of benzene rings is 2. The van der Waals surface area contributed by atoms with Gasteiger partial charge in [-0.3, -0.25) is 9.36 Å². The van der Waals surface area contributed by atoms with Crippen LogP contribution in [0, 0.1) is 20.8 Å². The van der Waals surface area contributed by atoms with Gasteiger partial charge in [-0.25, -0.2) is 4.79 Å². The van der Waals surface area contributed by atoms with Gasteiger partial charge in [0.25, 0.3) is 5.91 Å². The number of hydrogen-bond donors (Lipinski definition) is 1. The van der Waals surface area contributed by atoms with Gasteiger partial charge in [-0.2, -0.15) is 0 Å². The second-order valence-corrected chi connectivity index (χ2v) is 8.75. The summed E-state index contributed by atoms with van der Waals surface area (Å²) in [5.41, 5.74) is 6.80. The number of nitrogens with zero attached hydrogens (tertiary/aromatic N) is 3. The summed E-state index contributed by atoms with van der Waals surface area (Å²) in [6.07, 6.45) is 1.54. The van der Waals surface area contributed by atoms with Gasteiger partial charge in [0.1, 0.15) is 0 Å². The maximum atomic E-state index is 13.4. The molecule has 164 valence electrons. The molecule has 3 heterocycles. The van der Waals surface area contributed by atoms with Crippen LogP contribution in [0.15, 0.2) is 59.4 Å². The number of para-hydroxylation sites is 3. The Morgan fingerprint density at radius 3 is 2.41 bits per heavy atom. The quantitative estimate of drug-likeness (QED) is 0.521. The van der Waals surface area contributed by atoms with E-state index in [-0.39, 0.29) is 17.6 Å². The molecular formula is C26H28N4O2. The Balaban J connectivity index is 1.37. The standard InChI is InChI=1S/C26H28N4O2/c1-17-8-4-6-10-23(17)29-18(2)16-21(19(29)3)25(31)28-14-12-20(13-15-28)30-24-11-7-5-9-22(24)27-26(30)32/h4-11,16,20H,12-15H2,1-3H3,(H,27,32). The molecule has 1 N–H and O–H groups in total. The van der Waals surface area contributed by atoms with Gasteiger partial charge in [0.15, 0.2) is 0 Å². The Bertz CT molecular complexity index is 1370. The molecule has 0 saturated carbocycles. The number of H-pyrrole nitrogens is 1. The fourth-order valence-corrected chi connectivity index (χ4v) is 5.10. The number of amides is 1. The van der Waals surface area contributed by atoms with Gasteiger partial charge in [0.05, 0.1) is 16.6 Å². The molecule has 1 amide bonds. The maximum Gasteiger partial charge on any atom is 0.326 e. The zero-order valence-corrected chi connectivity index (χ0v) is 18.8. The second kappa shape index (κ2) is 7.86. The lowest BCUT2D eigenvalue weighted by Crippen LogP contribution is -2.40. The number of aromatic nitrogens is 3. The van der Waals surface area contributed by atoms with Crippen molar-refractivity contribution in [1.82, 2.24) is 19.0 Å². The Morgan fingerprint density at radius 1 is 0.969 bits per heavy atom. The molecule has 2 aromatic heterocycles. The number of carbonyl (C=O) groups is 1.